The summed E-state index contributed by atoms with van der Waals surface area (Å²) >= 11 is 2.44. The second-order valence-electron chi connectivity index (χ2n) is 1.12. The first-order valence-electron chi connectivity index (χ1n) is 1.62. The zero-order valence-corrected chi connectivity index (χ0v) is 5.01. The van der Waals surface area contributed by atoms with Gasteiger partial charge in [0.15, 0.2) is 6.67 Å². The SMILES string of the molecule is FCC(F)(F)CBr. The van der Waals surface area contributed by atoms with Crippen molar-refractivity contribution in [3.63, 3.8) is 0 Å². The van der Waals surface area contributed by atoms with Crippen LogP contribution >= 0.6 is 15.9 Å². The molecule has 7 heavy (non-hydrogen) atoms. The van der Waals surface area contributed by atoms with Crippen LogP contribution < -0.4 is 0 Å². The number of hydrogen-bond donors (Lipinski definition) is 0. The van der Waals surface area contributed by atoms with Crippen molar-refractivity contribution in [3.8, 4) is 0 Å². The van der Waals surface area contributed by atoms with Gasteiger partial charge in [-0.1, -0.05) is 15.9 Å². The van der Waals surface area contributed by atoms with Crippen LogP contribution in [0, 0.1) is 0 Å². The Labute approximate surface area is 47.8 Å². The molecule has 4 heteroatoms. The molecule has 0 aromatic carbocycles. The quantitative estimate of drug-likeness (QED) is 0.565. The van der Waals surface area contributed by atoms with Crippen molar-refractivity contribution in [2.75, 3.05) is 12.0 Å². The molecule has 0 aromatic heterocycles. The van der Waals surface area contributed by atoms with Crippen LogP contribution in [-0.4, -0.2) is 17.9 Å². The summed E-state index contributed by atoms with van der Waals surface area (Å²) in [6.07, 6.45) is 0. The Kier molecular flexibility index (Phi) is 2.64. The molecule has 0 bridgehead atoms. The van der Waals surface area contributed by atoms with Gasteiger partial charge in [-0.05, 0) is 0 Å². The fourth-order valence-electron chi connectivity index (χ4n) is 0.0357. The van der Waals surface area contributed by atoms with E-state index in [9.17, 15) is 13.2 Å². The Hall–Kier alpha value is 0.270. The van der Waals surface area contributed by atoms with Crippen LogP contribution in [0.3, 0.4) is 0 Å². The van der Waals surface area contributed by atoms with Crippen molar-refractivity contribution < 1.29 is 13.2 Å². The summed E-state index contributed by atoms with van der Waals surface area (Å²) in [6.45, 7) is -1.59. The molecule has 0 aliphatic rings. The topological polar surface area (TPSA) is 0 Å². The number of rotatable bonds is 2. The predicted octanol–water partition coefficient (Wildman–Crippen LogP) is 1.99. The summed E-state index contributed by atoms with van der Waals surface area (Å²) in [5.41, 5.74) is 0. The van der Waals surface area contributed by atoms with E-state index in [1.807, 2.05) is 0 Å². The van der Waals surface area contributed by atoms with Crippen LogP contribution in [0.4, 0.5) is 13.2 Å². The highest BCUT2D eigenvalue weighted by atomic mass is 79.9. The molecule has 0 rings (SSSR count). The van der Waals surface area contributed by atoms with Crippen molar-refractivity contribution in [1.29, 1.82) is 0 Å². The molecule has 0 atom stereocenters. The van der Waals surface area contributed by atoms with Crippen molar-refractivity contribution in [1.82, 2.24) is 0 Å². The first kappa shape index (κ1) is 7.27. The fourth-order valence-corrected chi connectivity index (χ4v) is 0.186. The molecular formula is C3H4BrF3. The number of hydrogen-bond acceptors (Lipinski definition) is 0. The van der Waals surface area contributed by atoms with Crippen LogP contribution in [0.15, 0.2) is 0 Å². The molecule has 44 valence electrons. The van der Waals surface area contributed by atoms with Gasteiger partial charge in [0.25, 0.3) is 5.92 Å². The van der Waals surface area contributed by atoms with E-state index in [2.05, 4.69) is 15.9 Å². The normalized spacial score (nSPS) is 12.0. The number of halogens is 4. The van der Waals surface area contributed by atoms with Gasteiger partial charge in [0.2, 0.25) is 0 Å². The van der Waals surface area contributed by atoms with Gasteiger partial charge in [-0.15, -0.1) is 0 Å². The molecule has 0 heterocycles. The molecule has 0 fully saturated rings. The summed E-state index contributed by atoms with van der Waals surface area (Å²) in [5.74, 6) is -3.17. The van der Waals surface area contributed by atoms with Crippen LogP contribution in [0.25, 0.3) is 0 Å². The van der Waals surface area contributed by atoms with Gasteiger partial charge in [0, 0.05) is 0 Å². The average Bonchev–Trinajstić information content (AvgIpc) is 1.68. The maximum atomic E-state index is 11.5. The molecule has 0 aliphatic heterocycles. The third-order valence-electron chi connectivity index (χ3n) is 0.391. The highest BCUT2D eigenvalue weighted by Gasteiger charge is 2.26. The molecule has 0 aliphatic carbocycles. The Morgan fingerprint density at radius 2 is 1.86 bits per heavy atom. The Morgan fingerprint density at radius 3 is 1.86 bits per heavy atom. The maximum Gasteiger partial charge on any atom is 0.285 e. The number of alkyl halides is 4. The van der Waals surface area contributed by atoms with Gasteiger partial charge in [-0.25, -0.2) is 13.2 Å². The van der Waals surface area contributed by atoms with Gasteiger partial charge in [0.05, 0.1) is 5.33 Å². The molecule has 0 nitrogen and oxygen atoms in total. The molecule has 0 N–H and O–H groups in total. The molecule has 0 saturated heterocycles. The molecule has 0 amide bonds. The lowest BCUT2D eigenvalue weighted by Crippen LogP contribution is -2.19. The lowest BCUT2D eigenvalue weighted by Gasteiger charge is -2.04. The highest BCUT2D eigenvalue weighted by Crippen LogP contribution is 2.15. The third-order valence-corrected chi connectivity index (χ3v) is 1.21. The lowest BCUT2D eigenvalue weighted by atomic mass is 10.4. The molecule has 0 saturated carbocycles. The standard InChI is InChI=1S/C3H4BrF3/c4-1-3(6,7)2-5/h1-2H2. The van der Waals surface area contributed by atoms with Crippen LogP contribution in [0.1, 0.15) is 0 Å². The minimum Gasteiger partial charge on any atom is -0.244 e. The zero-order valence-electron chi connectivity index (χ0n) is 3.43. The van der Waals surface area contributed by atoms with E-state index < -0.39 is 17.9 Å². The largest absolute Gasteiger partial charge is 0.285 e. The van der Waals surface area contributed by atoms with Crippen molar-refractivity contribution in [2.24, 2.45) is 0 Å². The smallest absolute Gasteiger partial charge is 0.244 e. The van der Waals surface area contributed by atoms with Crippen molar-refractivity contribution in [2.45, 2.75) is 5.92 Å². The van der Waals surface area contributed by atoms with E-state index in [-0.39, 0.29) is 0 Å². The van der Waals surface area contributed by atoms with Crippen LogP contribution in [0.5, 0.6) is 0 Å². The summed E-state index contributed by atoms with van der Waals surface area (Å²) in [6, 6.07) is 0. The molecular weight excluding hydrogens is 173 g/mol. The predicted molar refractivity (Wildman–Crippen MR) is 24.7 cm³/mol. The van der Waals surface area contributed by atoms with Crippen LogP contribution in [-0.2, 0) is 0 Å². The monoisotopic (exact) mass is 176 g/mol. The second-order valence-corrected chi connectivity index (χ2v) is 1.68. The van der Waals surface area contributed by atoms with Gasteiger partial charge in [0.1, 0.15) is 0 Å². The minimum atomic E-state index is -3.17. The maximum absolute atomic E-state index is 11.5. The summed E-state index contributed by atoms with van der Waals surface area (Å²) in [5, 5.41) is -0.601. The van der Waals surface area contributed by atoms with E-state index in [4.69, 9.17) is 0 Å². The Balaban J connectivity index is 3.36. The summed E-state index contributed by atoms with van der Waals surface area (Å²) in [4.78, 5) is 0. The average molecular weight is 177 g/mol. The van der Waals surface area contributed by atoms with Gasteiger partial charge >= 0.3 is 0 Å². The van der Waals surface area contributed by atoms with Crippen molar-refractivity contribution >= 4 is 15.9 Å². The van der Waals surface area contributed by atoms with E-state index in [1.165, 1.54) is 0 Å². The fraction of sp³-hybridized carbons (Fsp3) is 1.00. The van der Waals surface area contributed by atoms with Gasteiger partial charge in [-0.3, -0.25) is 0 Å². The van der Waals surface area contributed by atoms with E-state index in [1.54, 1.807) is 0 Å². The van der Waals surface area contributed by atoms with Crippen molar-refractivity contribution in [3.05, 3.63) is 0 Å². The third kappa shape index (κ3) is 2.91. The van der Waals surface area contributed by atoms with Crippen LogP contribution in [0.2, 0.25) is 0 Å². The van der Waals surface area contributed by atoms with E-state index in [0.717, 1.165) is 0 Å². The molecule has 0 radical (unpaired) electrons. The Bertz CT molecular complexity index is 48.1. The Morgan fingerprint density at radius 1 is 1.43 bits per heavy atom. The van der Waals surface area contributed by atoms with Gasteiger partial charge in [-0.2, -0.15) is 0 Å². The van der Waals surface area contributed by atoms with E-state index in [0.29, 0.717) is 0 Å². The highest BCUT2D eigenvalue weighted by molar-refractivity contribution is 9.09. The zero-order chi connectivity index (χ0) is 5.91. The summed E-state index contributed by atoms with van der Waals surface area (Å²) in [7, 11) is 0. The molecule has 0 spiro atoms. The summed E-state index contributed by atoms with van der Waals surface area (Å²) < 4.78 is 33.9. The minimum absolute atomic E-state index is 0.601. The second kappa shape index (κ2) is 2.55. The first-order chi connectivity index (χ1) is 3.12. The molecule has 0 aromatic rings. The van der Waals surface area contributed by atoms with Gasteiger partial charge < -0.3 is 0 Å². The lowest BCUT2D eigenvalue weighted by molar-refractivity contribution is 0.00333. The van der Waals surface area contributed by atoms with E-state index >= 15 is 0 Å². The first-order valence-corrected chi connectivity index (χ1v) is 2.74. The molecule has 0 unspecified atom stereocenters.